The lowest BCUT2D eigenvalue weighted by Gasteiger charge is -2.35. The highest BCUT2D eigenvalue weighted by atomic mass is 16.5. The van der Waals surface area contributed by atoms with Crippen LogP contribution < -0.4 is 15.0 Å². The van der Waals surface area contributed by atoms with E-state index in [0.717, 1.165) is 30.4 Å². The summed E-state index contributed by atoms with van der Waals surface area (Å²) < 4.78 is 5.24. The average molecular weight is 342 g/mol. The number of pyridine rings is 1. The molecule has 0 bridgehead atoms. The Bertz CT molecular complexity index is 731. The van der Waals surface area contributed by atoms with E-state index in [0.29, 0.717) is 25.5 Å². The lowest BCUT2D eigenvalue weighted by molar-refractivity contribution is 0.193. The predicted molar refractivity (Wildman–Crippen MR) is 93.6 cm³/mol. The summed E-state index contributed by atoms with van der Waals surface area (Å²) in [6.45, 7) is 5.00. The second-order valence-corrected chi connectivity index (χ2v) is 5.78. The fourth-order valence-electron chi connectivity index (χ4n) is 2.72. The number of amides is 2. The van der Waals surface area contributed by atoms with Crippen LogP contribution in [-0.2, 0) is 6.54 Å². The smallest absolute Gasteiger partial charge is 0.317 e. The zero-order valence-corrected chi connectivity index (χ0v) is 14.5. The molecule has 0 saturated carbocycles. The van der Waals surface area contributed by atoms with E-state index in [1.165, 1.54) is 0 Å². The summed E-state index contributed by atoms with van der Waals surface area (Å²) in [6.07, 6.45) is 3.43. The molecular formula is C17H22N6O2. The van der Waals surface area contributed by atoms with Gasteiger partial charge in [-0.1, -0.05) is 0 Å². The number of piperazine rings is 1. The Morgan fingerprint density at radius 1 is 1.20 bits per heavy atom. The molecule has 3 rings (SSSR count). The van der Waals surface area contributed by atoms with Crippen LogP contribution in [0.1, 0.15) is 11.5 Å². The minimum Gasteiger partial charge on any atom is -0.497 e. The van der Waals surface area contributed by atoms with Crippen molar-refractivity contribution in [2.75, 3.05) is 38.2 Å². The number of nitrogens with one attached hydrogen (secondary N) is 1. The third-order valence-corrected chi connectivity index (χ3v) is 4.10. The lowest BCUT2D eigenvalue weighted by Crippen LogP contribution is -2.51. The molecule has 1 aliphatic rings. The molecule has 0 radical (unpaired) electrons. The van der Waals surface area contributed by atoms with Crippen LogP contribution >= 0.6 is 0 Å². The highest BCUT2D eigenvalue weighted by molar-refractivity contribution is 5.74. The van der Waals surface area contributed by atoms with Gasteiger partial charge in [0.1, 0.15) is 17.4 Å². The first kappa shape index (κ1) is 16.9. The number of nitrogens with zero attached hydrogens (tertiary/aromatic N) is 5. The molecule has 1 N–H and O–H groups in total. The SMILES string of the molecule is COc1ccnc(N2CCN(C(=O)NCc3ccnc(C)n3)CC2)c1. The summed E-state index contributed by atoms with van der Waals surface area (Å²) in [4.78, 5) is 29.0. The van der Waals surface area contributed by atoms with Gasteiger partial charge >= 0.3 is 6.03 Å². The molecule has 2 aromatic rings. The van der Waals surface area contributed by atoms with Gasteiger partial charge in [-0.05, 0) is 19.1 Å². The monoisotopic (exact) mass is 342 g/mol. The van der Waals surface area contributed by atoms with Crippen LogP contribution in [0.3, 0.4) is 0 Å². The molecule has 1 saturated heterocycles. The highest BCUT2D eigenvalue weighted by Crippen LogP contribution is 2.19. The zero-order valence-electron chi connectivity index (χ0n) is 14.5. The second kappa shape index (κ2) is 7.78. The van der Waals surface area contributed by atoms with Crippen molar-refractivity contribution < 1.29 is 9.53 Å². The molecule has 25 heavy (non-hydrogen) atoms. The first-order chi connectivity index (χ1) is 12.2. The molecule has 2 amide bonds. The fraction of sp³-hybridized carbons (Fsp3) is 0.412. The Morgan fingerprint density at radius 2 is 1.96 bits per heavy atom. The van der Waals surface area contributed by atoms with Crippen LogP contribution in [0.2, 0.25) is 0 Å². The summed E-state index contributed by atoms with van der Waals surface area (Å²) in [5.41, 5.74) is 0.806. The molecule has 1 aliphatic heterocycles. The third-order valence-electron chi connectivity index (χ3n) is 4.10. The van der Waals surface area contributed by atoms with Gasteiger partial charge in [-0.3, -0.25) is 0 Å². The van der Waals surface area contributed by atoms with Crippen molar-refractivity contribution in [2.24, 2.45) is 0 Å². The molecule has 8 heteroatoms. The van der Waals surface area contributed by atoms with E-state index in [9.17, 15) is 4.79 Å². The summed E-state index contributed by atoms with van der Waals surface area (Å²) in [5, 5.41) is 2.91. The fourth-order valence-corrected chi connectivity index (χ4v) is 2.72. The van der Waals surface area contributed by atoms with Crippen LogP contribution in [0.5, 0.6) is 5.75 Å². The van der Waals surface area contributed by atoms with Gasteiger partial charge in [-0.25, -0.2) is 19.7 Å². The Morgan fingerprint density at radius 3 is 2.68 bits per heavy atom. The van der Waals surface area contributed by atoms with Gasteiger partial charge < -0.3 is 19.9 Å². The maximum absolute atomic E-state index is 12.3. The number of aryl methyl sites for hydroxylation is 1. The Hall–Kier alpha value is -2.90. The van der Waals surface area contributed by atoms with Crippen LogP contribution in [0.15, 0.2) is 30.6 Å². The van der Waals surface area contributed by atoms with Gasteiger partial charge in [0.15, 0.2) is 0 Å². The number of urea groups is 1. The first-order valence-electron chi connectivity index (χ1n) is 8.22. The number of ether oxygens (including phenoxy) is 1. The van der Waals surface area contributed by atoms with Gasteiger partial charge in [0.2, 0.25) is 0 Å². The van der Waals surface area contributed by atoms with Crippen LogP contribution in [-0.4, -0.2) is 59.2 Å². The van der Waals surface area contributed by atoms with Gasteiger partial charge in [-0.2, -0.15) is 0 Å². The predicted octanol–water partition coefficient (Wildman–Crippen LogP) is 1.22. The number of rotatable bonds is 4. The van der Waals surface area contributed by atoms with Crippen LogP contribution in [0.4, 0.5) is 10.6 Å². The number of carbonyl (C=O) groups excluding carboxylic acids is 1. The van der Waals surface area contributed by atoms with Crippen LogP contribution in [0, 0.1) is 6.92 Å². The molecule has 0 aromatic carbocycles. The number of anilines is 1. The minimum absolute atomic E-state index is 0.0745. The number of hydrogen-bond donors (Lipinski definition) is 1. The summed E-state index contributed by atoms with van der Waals surface area (Å²) in [6, 6.07) is 5.46. The topological polar surface area (TPSA) is 83.5 Å². The quantitative estimate of drug-likeness (QED) is 0.899. The van der Waals surface area contributed by atoms with Crippen molar-refractivity contribution in [3.05, 3.63) is 42.1 Å². The van der Waals surface area contributed by atoms with Crippen molar-refractivity contribution in [1.82, 2.24) is 25.2 Å². The molecular weight excluding hydrogens is 320 g/mol. The van der Waals surface area contributed by atoms with Gasteiger partial charge in [0, 0.05) is 44.6 Å². The summed E-state index contributed by atoms with van der Waals surface area (Å²) in [5.74, 6) is 2.35. The maximum atomic E-state index is 12.3. The summed E-state index contributed by atoms with van der Waals surface area (Å²) in [7, 11) is 1.64. The standard InChI is InChI=1S/C17H22N6O2/c1-13-18-5-3-14(21-13)12-20-17(24)23-9-7-22(8-10-23)16-11-15(25-2)4-6-19-16/h3-6,11H,7-10,12H2,1-2H3,(H,20,24). The van der Waals surface area contributed by atoms with Crippen molar-refractivity contribution in [2.45, 2.75) is 13.5 Å². The first-order valence-corrected chi connectivity index (χ1v) is 8.22. The van der Waals surface area contributed by atoms with E-state index in [2.05, 4.69) is 25.2 Å². The van der Waals surface area contributed by atoms with Gasteiger partial charge in [-0.15, -0.1) is 0 Å². The highest BCUT2D eigenvalue weighted by Gasteiger charge is 2.22. The maximum Gasteiger partial charge on any atom is 0.317 e. The Labute approximate surface area is 146 Å². The Balaban J connectivity index is 1.50. The second-order valence-electron chi connectivity index (χ2n) is 5.78. The van der Waals surface area contributed by atoms with E-state index < -0.39 is 0 Å². The molecule has 132 valence electrons. The molecule has 0 aliphatic carbocycles. The van der Waals surface area contributed by atoms with E-state index in [1.54, 1.807) is 25.6 Å². The van der Waals surface area contributed by atoms with E-state index in [1.807, 2.05) is 24.0 Å². The number of hydrogen-bond acceptors (Lipinski definition) is 6. The van der Waals surface area contributed by atoms with Crippen molar-refractivity contribution >= 4 is 11.8 Å². The summed E-state index contributed by atoms with van der Waals surface area (Å²) >= 11 is 0. The molecule has 0 spiro atoms. The number of aromatic nitrogens is 3. The normalized spacial score (nSPS) is 14.3. The lowest BCUT2D eigenvalue weighted by atomic mass is 10.3. The minimum atomic E-state index is -0.0745. The Kier molecular flexibility index (Phi) is 5.27. The largest absolute Gasteiger partial charge is 0.497 e. The van der Waals surface area contributed by atoms with Gasteiger partial charge in [0.25, 0.3) is 0 Å². The third kappa shape index (κ3) is 4.34. The molecule has 0 atom stereocenters. The van der Waals surface area contributed by atoms with E-state index >= 15 is 0 Å². The van der Waals surface area contributed by atoms with Crippen molar-refractivity contribution in [1.29, 1.82) is 0 Å². The van der Waals surface area contributed by atoms with Crippen molar-refractivity contribution in [3.8, 4) is 5.75 Å². The molecule has 3 heterocycles. The molecule has 2 aromatic heterocycles. The average Bonchev–Trinajstić information content (AvgIpc) is 2.66. The number of carbonyl (C=O) groups is 1. The number of methoxy groups -OCH3 is 1. The van der Waals surface area contributed by atoms with E-state index in [-0.39, 0.29) is 6.03 Å². The van der Waals surface area contributed by atoms with Crippen molar-refractivity contribution in [3.63, 3.8) is 0 Å². The molecule has 8 nitrogen and oxygen atoms in total. The zero-order chi connectivity index (χ0) is 17.6. The van der Waals surface area contributed by atoms with E-state index in [4.69, 9.17) is 4.74 Å². The van der Waals surface area contributed by atoms with Gasteiger partial charge in [0.05, 0.1) is 19.3 Å². The molecule has 1 fully saturated rings. The molecule has 0 unspecified atom stereocenters. The van der Waals surface area contributed by atoms with Crippen LogP contribution in [0.25, 0.3) is 0 Å².